The molecule has 0 spiro atoms. The van der Waals surface area contributed by atoms with Crippen LogP contribution in [0.25, 0.3) is 0 Å². The summed E-state index contributed by atoms with van der Waals surface area (Å²) >= 11 is 0. The summed E-state index contributed by atoms with van der Waals surface area (Å²) in [6, 6.07) is 5.37. The van der Waals surface area contributed by atoms with Crippen LogP contribution in [0.1, 0.15) is 26.7 Å². The van der Waals surface area contributed by atoms with Crippen LogP contribution in [0, 0.1) is 0 Å². The smallest absolute Gasteiger partial charge is 0.0417 e. The van der Waals surface area contributed by atoms with Crippen LogP contribution >= 0.6 is 0 Å². The topological polar surface area (TPSA) is 28.2 Å². The number of rotatable bonds is 3. The van der Waals surface area contributed by atoms with Gasteiger partial charge in [0, 0.05) is 36.7 Å². The molecule has 0 saturated carbocycles. The van der Waals surface area contributed by atoms with Gasteiger partial charge < -0.3 is 10.2 Å². The lowest BCUT2D eigenvalue weighted by molar-refractivity contribution is 0.414. The molecule has 0 radical (unpaired) electrons. The van der Waals surface area contributed by atoms with E-state index in [1.165, 1.54) is 25.1 Å². The van der Waals surface area contributed by atoms with Crippen molar-refractivity contribution in [2.75, 3.05) is 18.0 Å². The van der Waals surface area contributed by atoms with E-state index in [-0.39, 0.29) is 0 Å². The Hall–Kier alpha value is -1.09. The Morgan fingerprint density at radius 1 is 1.38 bits per heavy atom. The number of pyridine rings is 1. The zero-order valence-electron chi connectivity index (χ0n) is 10.2. The van der Waals surface area contributed by atoms with Crippen molar-refractivity contribution in [2.45, 2.75) is 38.8 Å². The maximum absolute atomic E-state index is 4.09. The molecule has 0 aliphatic carbocycles. The van der Waals surface area contributed by atoms with Gasteiger partial charge in [0.2, 0.25) is 0 Å². The molecule has 3 heteroatoms. The van der Waals surface area contributed by atoms with E-state index in [1.807, 2.05) is 12.4 Å². The van der Waals surface area contributed by atoms with E-state index < -0.39 is 0 Å². The highest BCUT2D eigenvalue weighted by Crippen LogP contribution is 2.22. The quantitative estimate of drug-likeness (QED) is 0.843. The molecule has 0 aromatic carbocycles. The molecule has 16 heavy (non-hydrogen) atoms. The van der Waals surface area contributed by atoms with E-state index in [0.717, 1.165) is 6.54 Å². The zero-order chi connectivity index (χ0) is 11.4. The van der Waals surface area contributed by atoms with E-state index in [1.54, 1.807) is 0 Å². The van der Waals surface area contributed by atoms with Crippen LogP contribution in [0.2, 0.25) is 0 Å². The van der Waals surface area contributed by atoms with Gasteiger partial charge in [-0.3, -0.25) is 4.98 Å². The zero-order valence-corrected chi connectivity index (χ0v) is 10.2. The Morgan fingerprint density at radius 2 is 2.12 bits per heavy atom. The first-order valence-corrected chi connectivity index (χ1v) is 6.18. The third kappa shape index (κ3) is 2.53. The molecule has 2 rings (SSSR count). The molecular weight excluding hydrogens is 198 g/mol. The maximum atomic E-state index is 4.09. The lowest BCUT2D eigenvalue weighted by Crippen LogP contribution is -2.49. The monoisotopic (exact) mass is 219 g/mol. The number of hydrogen-bond donors (Lipinski definition) is 1. The van der Waals surface area contributed by atoms with Crippen LogP contribution in [0.15, 0.2) is 24.5 Å². The molecule has 2 heterocycles. The van der Waals surface area contributed by atoms with Gasteiger partial charge in [-0.1, -0.05) is 0 Å². The maximum Gasteiger partial charge on any atom is 0.0417 e. The van der Waals surface area contributed by atoms with E-state index in [2.05, 4.69) is 41.2 Å². The summed E-state index contributed by atoms with van der Waals surface area (Å²) in [4.78, 5) is 6.60. The highest BCUT2D eigenvalue weighted by Gasteiger charge is 2.23. The molecule has 3 nitrogen and oxygen atoms in total. The number of hydrogen-bond acceptors (Lipinski definition) is 3. The Balaban J connectivity index is 2.16. The van der Waals surface area contributed by atoms with E-state index >= 15 is 0 Å². The highest BCUT2D eigenvalue weighted by atomic mass is 15.2. The average molecular weight is 219 g/mol. The molecule has 1 unspecified atom stereocenters. The van der Waals surface area contributed by atoms with Crippen molar-refractivity contribution in [3.63, 3.8) is 0 Å². The van der Waals surface area contributed by atoms with Crippen LogP contribution in [-0.4, -0.2) is 30.2 Å². The summed E-state index contributed by atoms with van der Waals surface area (Å²) in [5.41, 5.74) is 1.29. The first-order valence-electron chi connectivity index (χ1n) is 6.18. The van der Waals surface area contributed by atoms with Gasteiger partial charge in [-0.2, -0.15) is 0 Å². The first kappa shape index (κ1) is 11.4. The molecule has 1 aromatic rings. The van der Waals surface area contributed by atoms with E-state index in [4.69, 9.17) is 0 Å². The van der Waals surface area contributed by atoms with Crippen molar-refractivity contribution in [2.24, 2.45) is 0 Å². The second-order valence-electron chi connectivity index (χ2n) is 4.71. The number of aromatic nitrogens is 1. The number of anilines is 1. The third-order valence-corrected chi connectivity index (χ3v) is 3.18. The van der Waals surface area contributed by atoms with Crippen molar-refractivity contribution >= 4 is 5.69 Å². The fraction of sp³-hybridized carbons (Fsp3) is 0.615. The largest absolute Gasteiger partial charge is 0.365 e. The van der Waals surface area contributed by atoms with Gasteiger partial charge in [-0.05, 0) is 45.4 Å². The van der Waals surface area contributed by atoms with Gasteiger partial charge in [-0.25, -0.2) is 0 Å². The van der Waals surface area contributed by atoms with Gasteiger partial charge in [0.25, 0.3) is 0 Å². The van der Waals surface area contributed by atoms with Gasteiger partial charge in [0.05, 0.1) is 0 Å². The molecule has 1 aliphatic heterocycles. The van der Waals surface area contributed by atoms with Crippen LogP contribution in [0.5, 0.6) is 0 Å². The van der Waals surface area contributed by atoms with Crippen molar-refractivity contribution in [1.29, 1.82) is 0 Å². The SMILES string of the molecule is CC(C)N(c1ccncc1)C1CCCNC1. The summed E-state index contributed by atoms with van der Waals surface area (Å²) in [7, 11) is 0. The Labute approximate surface area is 97.9 Å². The lowest BCUT2D eigenvalue weighted by Gasteiger charge is -2.39. The molecule has 0 amide bonds. The summed E-state index contributed by atoms with van der Waals surface area (Å²) in [6.45, 7) is 6.78. The van der Waals surface area contributed by atoms with Gasteiger partial charge in [0.1, 0.15) is 0 Å². The molecule has 0 bridgehead atoms. The second kappa shape index (κ2) is 5.30. The predicted octanol–water partition coefficient (Wildman–Crippen LogP) is 2.05. The molecule has 1 aromatic heterocycles. The third-order valence-electron chi connectivity index (χ3n) is 3.18. The van der Waals surface area contributed by atoms with E-state index in [9.17, 15) is 0 Å². The first-order chi connectivity index (χ1) is 7.79. The minimum Gasteiger partial charge on any atom is -0.365 e. The summed E-state index contributed by atoms with van der Waals surface area (Å²) in [5.74, 6) is 0. The van der Waals surface area contributed by atoms with Crippen LogP contribution in [0.3, 0.4) is 0 Å². The summed E-state index contributed by atoms with van der Waals surface area (Å²) < 4.78 is 0. The van der Waals surface area contributed by atoms with Crippen molar-refractivity contribution in [3.05, 3.63) is 24.5 Å². The molecule has 88 valence electrons. The van der Waals surface area contributed by atoms with Crippen LogP contribution in [0.4, 0.5) is 5.69 Å². The van der Waals surface area contributed by atoms with Crippen LogP contribution < -0.4 is 10.2 Å². The number of nitrogens with zero attached hydrogens (tertiary/aromatic N) is 2. The fourth-order valence-electron chi connectivity index (χ4n) is 2.52. The molecule has 1 fully saturated rings. The summed E-state index contributed by atoms with van der Waals surface area (Å²) in [6.07, 6.45) is 6.31. The van der Waals surface area contributed by atoms with Crippen molar-refractivity contribution < 1.29 is 0 Å². The number of nitrogens with one attached hydrogen (secondary N) is 1. The van der Waals surface area contributed by atoms with Crippen molar-refractivity contribution in [1.82, 2.24) is 10.3 Å². The molecular formula is C13H21N3. The number of piperidine rings is 1. The molecule has 1 aliphatic rings. The van der Waals surface area contributed by atoms with Gasteiger partial charge in [0.15, 0.2) is 0 Å². The molecule has 1 N–H and O–H groups in total. The average Bonchev–Trinajstić information content (AvgIpc) is 2.31. The van der Waals surface area contributed by atoms with Crippen molar-refractivity contribution in [3.8, 4) is 0 Å². The Kier molecular flexibility index (Phi) is 3.78. The minimum absolute atomic E-state index is 0.535. The lowest BCUT2D eigenvalue weighted by atomic mass is 10.0. The second-order valence-corrected chi connectivity index (χ2v) is 4.71. The van der Waals surface area contributed by atoms with Crippen LogP contribution in [-0.2, 0) is 0 Å². The Bertz CT molecular complexity index is 304. The fourth-order valence-corrected chi connectivity index (χ4v) is 2.52. The molecule has 1 saturated heterocycles. The van der Waals surface area contributed by atoms with Gasteiger partial charge in [-0.15, -0.1) is 0 Å². The van der Waals surface area contributed by atoms with E-state index in [0.29, 0.717) is 12.1 Å². The van der Waals surface area contributed by atoms with Gasteiger partial charge >= 0.3 is 0 Å². The Morgan fingerprint density at radius 3 is 2.69 bits per heavy atom. The normalized spacial score (nSPS) is 21.1. The highest BCUT2D eigenvalue weighted by molar-refractivity contribution is 5.46. The molecule has 1 atom stereocenters. The standard InChI is InChI=1S/C13H21N3/c1-11(2)16(12-5-8-14-9-6-12)13-4-3-7-15-10-13/h5-6,8-9,11,13,15H,3-4,7,10H2,1-2H3. The predicted molar refractivity (Wildman–Crippen MR) is 67.7 cm³/mol. The summed E-state index contributed by atoms with van der Waals surface area (Å²) in [5, 5.41) is 3.48. The minimum atomic E-state index is 0.535.